The minimum atomic E-state index is -0.172. The quantitative estimate of drug-likeness (QED) is 0.620. The second kappa shape index (κ2) is 7.92. The Balaban J connectivity index is 1.74. The van der Waals surface area contributed by atoms with Gasteiger partial charge in [0.15, 0.2) is 0 Å². The van der Waals surface area contributed by atoms with Crippen molar-refractivity contribution in [3.8, 4) is 5.75 Å². The molecule has 1 N–H and O–H groups in total. The van der Waals surface area contributed by atoms with Crippen LogP contribution < -0.4 is 10.1 Å². The highest BCUT2D eigenvalue weighted by Gasteiger charge is 2.01. The fourth-order valence-corrected chi connectivity index (χ4v) is 2.55. The molecule has 0 aliphatic rings. The predicted octanol–water partition coefficient (Wildman–Crippen LogP) is 3.72. The van der Waals surface area contributed by atoms with Gasteiger partial charge in [0.05, 0.1) is 6.61 Å². The lowest BCUT2D eigenvalue weighted by atomic mass is 10.2. The molecule has 0 amide bonds. The Morgan fingerprint density at radius 2 is 1.85 bits per heavy atom. The van der Waals surface area contributed by atoms with Crippen LogP contribution in [0.2, 0.25) is 0 Å². The van der Waals surface area contributed by atoms with Crippen molar-refractivity contribution in [1.82, 2.24) is 5.32 Å². The molecule has 0 atom stereocenters. The van der Waals surface area contributed by atoms with Gasteiger partial charge < -0.3 is 10.1 Å². The maximum atomic E-state index is 13.4. The summed E-state index contributed by atoms with van der Waals surface area (Å²) in [5.74, 6) is 1.40. The van der Waals surface area contributed by atoms with Crippen LogP contribution >= 0.6 is 11.8 Å². The lowest BCUT2D eigenvalue weighted by Gasteiger charge is -2.07. The van der Waals surface area contributed by atoms with E-state index in [2.05, 4.69) is 5.32 Å². The summed E-state index contributed by atoms with van der Waals surface area (Å²) in [6.45, 7) is 1.41. The van der Waals surface area contributed by atoms with Crippen LogP contribution in [-0.4, -0.2) is 19.4 Å². The first-order chi connectivity index (χ1) is 9.79. The van der Waals surface area contributed by atoms with Crippen LogP contribution in [-0.2, 0) is 6.54 Å². The maximum absolute atomic E-state index is 13.4. The first-order valence-electron chi connectivity index (χ1n) is 6.53. The Bertz CT molecular complexity index is 530. The van der Waals surface area contributed by atoms with Gasteiger partial charge in [0, 0.05) is 17.2 Å². The third kappa shape index (κ3) is 4.54. The molecule has 0 radical (unpaired) electrons. The standard InChI is InChI=1S/C16H18FNOS/c1-18-12-13-6-8-14(9-7-13)19-10-11-20-16-5-3-2-4-15(16)17/h2-9,18H,10-12H2,1H3. The van der Waals surface area contributed by atoms with E-state index in [4.69, 9.17) is 4.74 Å². The lowest BCUT2D eigenvalue weighted by Crippen LogP contribution is -2.05. The first-order valence-corrected chi connectivity index (χ1v) is 7.52. The highest BCUT2D eigenvalue weighted by atomic mass is 32.2. The predicted molar refractivity (Wildman–Crippen MR) is 81.8 cm³/mol. The second-order valence-corrected chi connectivity index (χ2v) is 5.44. The highest BCUT2D eigenvalue weighted by Crippen LogP contribution is 2.21. The van der Waals surface area contributed by atoms with Crippen molar-refractivity contribution in [2.75, 3.05) is 19.4 Å². The number of benzene rings is 2. The van der Waals surface area contributed by atoms with Crippen LogP contribution in [0.25, 0.3) is 0 Å². The van der Waals surface area contributed by atoms with Crippen molar-refractivity contribution in [2.45, 2.75) is 11.4 Å². The minimum absolute atomic E-state index is 0.172. The van der Waals surface area contributed by atoms with Gasteiger partial charge in [0.25, 0.3) is 0 Å². The SMILES string of the molecule is CNCc1ccc(OCCSc2ccccc2F)cc1. The average molecular weight is 291 g/mol. The van der Waals surface area contributed by atoms with Crippen molar-refractivity contribution in [3.05, 3.63) is 59.9 Å². The minimum Gasteiger partial charge on any atom is -0.493 e. The molecule has 0 saturated carbocycles. The molecule has 2 aromatic rings. The van der Waals surface area contributed by atoms with Crippen LogP contribution in [0, 0.1) is 5.82 Å². The van der Waals surface area contributed by atoms with Gasteiger partial charge in [0.1, 0.15) is 11.6 Å². The molecule has 0 spiro atoms. The summed E-state index contributed by atoms with van der Waals surface area (Å²) in [7, 11) is 1.92. The zero-order chi connectivity index (χ0) is 14.2. The molecule has 0 aromatic heterocycles. The third-order valence-electron chi connectivity index (χ3n) is 2.75. The van der Waals surface area contributed by atoms with Crippen LogP contribution in [0.4, 0.5) is 4.39 Å². The summed E-state index contributed by atoms with van der Waals surface area (Å²) >= 11 is 1.47. The molecule has 0 saturated heterocycles. The smallest absolute Gasteiger partial charge is 0.136 e. The molecule has 0 fully saturated rings. The summed E-state index contributed by atoms with van der Waals surface area (Å²) in [6.07, 6.45) is 0. The molecular formula is C16H18FNOS. The van der Waals surface area contributed by atoms with Crippen LogP contribution in [0.3, 0.4) is 0 Å². The van der Waals surface area contributed by atoms with Gasteiger partial charge in [-0.25, -0.2) is 4.39 Å². The number of nitrogens with one attached hydrogen (secondary N) is 1. The molecule has 0 aliphatic carbocycles. The summed E-state index contributed by atoms with van der Waals surface area (Å²) < 4.78 is 19.0. The number of hydrogen-bond donors (Lipinski definition) is 1. The van der Waals surface area contributed by atoms with Crippen molar-refractivity contribution >= 4 is 11.8 Å². The van der Waals surface area contributed by atoms with E-state index in [1.807, 2.05) is 37.4 Å². The van der Waals surface area contributed by atoms with Crippen LogP contribution in [0.5, 0.6) is 5.75 Å². The van der Waals surface area contributed by atoms with Crippen LogP contribution in [0.1, 0.15) is 5.56 Å². The molecule has 0 unspecified atom stereocenters. The number of hydrogen-bond acceptors (Lipinski definition) is 3. The molecule has 0 heterocycles. The molecule has 20 heavy (non-hydrogen) atoms. The Labute approximate surface area is 123 Å². The van der Waals surface area contributed by atoms with E-state index in [1.165, 1.54) is 23.4 Å². The van der Waals surface area contributed by atoms with Gasteiger partial charge in [-0.3, -0.25) is 0 Å². The largest absolute Gasteiger partial charge is 0.493 e. The molecule has 0 bridgehead atoms. The van der Waals surface area contributed by atoms with E-state index in [0.29, 0.717) is 11.5 Å². The number of ether oxygens (including phenoxy) is 1. The topological polar surface area (TPSA) is 21.3 Å². The fraction of sp³-hybridized carbons (Fsp3) is 0.250. The lowest BCUT2D eigenvalue weighted by molar-refractivity contribution is 0.344. The monoisotopic (exact) mass is 291 g/mol. The van der Waals surface area contributed by atoms with Crippen LogP contribution in [0.15, 0.2) is 53.4 Å². The summed E-state index contributed by atoms with van der Waals surface area (Å²) in [5, 5.41) is 3.10. The van der Waals surface area contributed by atoms with Crippen molar-refractivity contribution in [3.63, 3.8) is 0 Å². The Morgan fingerprint density at radius 3 is 2.55 bits per heavy atom. The van der Waals surface area contributed by atoms with Gasteiger partial charge in [0.2, 0.25) is 0 Å². The molecule has 4 heteroatoms. The molecule has 2 rings (SSSR count). The fourth-order valence-electron chi connectivity index (χ4n) is 1.78. The van der Waals surface area contributed by atoms with E-state index < -0.39 is 0 Å². The van der Waals surface area contributed by atoms with E-state index in [9.17, 15) is 4.39 Å². The number of rotatable bonds is 7. The average Bonchev–Trinajstić information content (AvgIpc) is 2.47. The molecule has 2 nitrogen and oxygen atoms in total. The number of halogens is 1. The Morgan fingerprint density at radius 1 is 1.10 bits per heavy atom. The molecule has 0 aliphatic heterocycles. The van der Waals surface area contributed by atoms with Gasteiger partial charge in [-0.15, -0.1) is 11.8 Å². The number of thioether (sulfide) groups is 1. The van der Waals surface area contributed by atoms with Crippen molar-refractivity contribution < 1.29 is 9.13 Å². The normalized spacial score (nSPS) is 10.5. The molecular weight excluding hydrogens is 273 g/mol. The zero-order valence-corrected chi connectivity index (χ0v) is 12.3. The van der Waals surface area contributed by atoms with Gasteiger partial charge in [-0.1, -0.05) is 24.3 Å². The van der Waals surface area contributed by atoms with Crippen molar-refractivity contribution in [2.24, 2.45) is 0 Å². The molecule has 106 valence electrons. The van der Waals surface area contributed by atoms with E-state index in [-0.39, 0.29) is 5.82 Å². The summed E-state index contributed by atoms with van der Waals surface area (Å²) in [5.41, 5.74) is 1.22. The van der Waals surface area contributed by atoms with E-state index in [0.717, 1.165) is 18.0 Å². The van der Waals surface area contributed by atoms with Gasteiger partial charge in [-0.05, 0) is 36.9 Å². The third-order valence-corrected chi connectivity index (χ3v) is 3.76. The second-order valence-electron chi connectivity index (χ2n) is 4.30. The van der Waals surface area contributed by atoms with E-state index >= 15 is 0 Å². The summed E-state index contributed by atoms with van der Waals surface area (Å²) in [6, 6.07) is 14.8. The zero-order valence-electron chi connectivity index (χ0n) is 11.4. The summed E-state index contributed by atoms with van der Waals surface area (Å²) in [4.78, 5) is 0.667. The van der Waals surface area contributed by atoms with E-state index in [1.54, 1.807) is 12.1 Å². The molecule has 2 aromatic carbocycles. The van der Waals surface area contributed by atoms with Crippen molar-refractivity contribution in [1.29, 1.82) is 0 Å². The van der Waals surface area contributed by atoms with Gasteiger partial charge >= 0.3 is 0 Å². The maximum Gasteiger partial charge on any atom is 0.136 e. The Hall–Kier alpha value is -1.52. The first kappa shape index (κ1) is 14.9. The Kier molecular flexibility index (Phi) is 5.89. The highest BCUT2D eigenvalue weighted by molar-refractivity contribution is 7.99. The van der Waals surface area contributed by atoms with Gasteiger partial charge in [-0.2, -0.15) is 0 Å².